The third-order valence-electron chi connectivity index (χ3n) is 3.53. The molecule has 2 nitrogen and oxygen atoms in total. The lowest BCUT2D eigenvalue weighted by atomic mass is 10.00. The van der Waals surface area contributed by atoms with Crippen LogP contribution in [-0.2, 0) is 0 Å². The van der Waals surface area contributed by atoms with E-state index in [1.807, 2.05) is 45.9 Å². The van der Waals surface area contributed by atoms with Crippen LogP contribution in [0.15, 0.2) is 24.3 Å². The summed E-state index contributed by atoms with van der Waals surface area (Å²) in [6.07, 6.45) is 4.08. The van der Waals surface area contributed by atoms with Crippen LogP contribution in [0.1, 0.15) is 33.4 Å². The van der Waals surface area contributed by atoms with Gasteiger partial charge in [0.1, 0.15) is 11.5 Å². The summed E-state index contributed by atoms with van der Waals surface area (Å²) >= 11 is 0. The normalized spacial score (nSPS) is 11.2. The number of phenols is 2. The molecule has 2 N–H and O–H groups in total. The van der Waals surface area contributed by atoms with Crippen molar-refractivity contribution in [2.45, 2.75) is 27.7 Å². The fourth-order valence-electron chi connectivity index (χ4n) is 2.48. The third-order valence-corrected chi connectivity index (χ3v) is 3.53. The molecular weight excluding hydrogens is 248 g/mol. The van der Waals surface area contributed by atoms with Gasteiger partial charge in [0.05, 0.1) is 0 Å². The first-order chi connectivity index (χ1) is 9.38. The molecule has 0 saturated carbocycles. The minimum absolute atomic E-state index is 0.300. The molecule has 2 rings (SSSR count). The first kappa shape index (κ1) is 14.2. The summed E-state index contributed by atoms with van der Waals surface area (Å²) in [5.41, 5.74) is 6.03. The number of phenolic OH excluding ortho intramolecular Hbond substituents is 2. The number of benzene rings is 2. The second-order valence-corrected chi connectivity index (χ2v) is 5.33. The van der Waals surface area contributed by atoms with E-state index >= 15 is 0 Å². The van der Waals surface area contributed by atoms with E-state index in [0.29, 0.717) is 11.5 Å². The first-order valence-electron chi connectivity index (χ1n) is 6.67. The van der Waals surface area contributed by atoms with Crippen LogP contribution < -0.4 is 0 Å². The van der Waals surface area contributed by atoms with E-state index < -0.39 is 0 Å². The molecule has 0 fully saturated rings. The van der Waals surface area contributed by atoms with E-state index in [1.165, 1.54) is 0 Å². The number of aryl methyl sites for hydroxylation is 4. The van der Waals surface area contributed by atoms with Gasteiger partial charge in [-0.15, -0.1) is 0 Å². The van der Waals surface area contributed by atoms with Gasteiger partial charge < -0.3 is 10.2 Å². The lowest BCUT2D eigenvalue weighted by Gasteiger charge is -2.07. The predicted octanol–water partition coefficient (Wildman–Crippen LogP) is 4.50. The zero-order valence-electron chi connectivity index (χ0n) is 12.4. The van der Waals surface area contributed by atoms with Crippen molar-refractivity contribution in [2.75, 3.05) is 0 Å². The molecule has 20 heavy (non-hydrogen) atoms. The van der Waals surface area contributed by atoms with E-state index in [0.717, 1.165) is 33.4 Å². The van der Waals surface area contributed by atoms with Crippen LogP contribution in [0.4, 0.5) is 0 Å². The lowest BCUT2D eigenvalue weighted by molar-refractivity contribution is 0.467. The van der Waals surface area contributed by atoms with Crippen molar-refractivity contribution in [3.05, 3.63) is 57.6 Å². The van der Waals surface area contributed by atoms with Crippen molar-refractivity contribution in [2.24, 2.45) is 0 Å². The molecule has 0 heterocycles. The second kappa shape index (κ2) is 5.41. The van der Waals surface area contributed by atoms with Crippen molar-refractivity contribution in [3.63, 3.8) is 0 Å². The average molecular weight is 268 g/mol. The number of hydrogen-bond acceptors (Lipinski definition) is 2. The summed E-state index contributed by atoms with van der Waals surface area (Å²) in [7, 11) is 0. The summed E-state index contributed by atoms with van der Waals surface area (Å²) < 4.78 is 0. The van der Waals surface area contributed by atoms with Crippen LogP contribution >= 0.6 is 0 Å². The number of aromatic hydroxyl groups is 2. The van der Waals surface area contributed by atoms with Gasteiger partial charge in [-0.25, -0.2) is 0 Å². The van der Waals surface area contributed by atoms with Gasteiger partial charge in [-0.05, 0) is 85.3 Å². The van der Waals surface area contributed by atoms with Crippen molar-refractivity contribution >= 4 is 12.2 Å². The Labute approximate surface area is 120 Å². The maximum atomic E-state index is 9.78. The Hall–Kier alpha value is -2.22. The molecular formula is C18H20O2. The summed E-state index contributed by atoms with van der Waals surface area (Å²) in [6, 6.07) is 7.45. The largest absolute Gasteiger partial charge is 0.508 e. The minimum atomic E-state index is 0.300. The van der Waals surface area contributed by atoms with Gasteiger partial charge in [-0.2, -0.15) is 0 Å². The highest BCUT2D eigenvalue weighted by molar-refractivity contribution is 5.74. The smallest absolute Gasteiger partial charge is 0.121 e. The van der Waals surface area contributed by atoms with Crippen molar-refractivity contribution in [1.82, 2.24) is 0 Å². The predicted molar refractivity (Wildman–Crippen MR) is 84.1 cm³/mol. The Morgan fingerprint density at radius 2 is 1.20 bits per heavy atom. The highest BCUT2D eigenvalue weighted by Crippen LogP contribution is 2.26. The quantitative estimate of drug-likeness (QED) is 0.787. The zero-order chi connectivity index (χ0) is 14.9. The molecule has 0 aliphatic heterocycles. The molecule has 0 aliphatic carbocycles. The standard InChI is InChI=1S/C18H20O2/c1-11-9-16(19)10-12(2)17(11)6-5-15-7-13(3)18(20)14(4)8-15/h5-10,19-20H,1-4H3. The van der Waals surface area contributed by atoms with Gasteiger partial charge in [0.2, 0.25) is 0 Å². The maximum absolute atomic E-state index is 9.78. The van der Waals surface area contributed by atoms with Gasteiger partial charge in [0.25, 0.3) is 0 Å². The summed E-state index contributed by atoms with van der Waals surface area (Å²) in [5.74, 6) is 0.660. The van der Waals surface area contributed by atoms with Crippen LogP contribution in [0.2, 0.25) is 0 Å². The van der Waals surface area contributed by atoms with Crippen LogP contribution in [-0.4, -0.2) is 10.2 Å². The first-order valence-corrected chi connectivity index (χ1v) is 6.67. The van der Waals surface area contributed by atoms with Crippen LogP contribution in [0, 0.1) is 27.7 Å². The molecule has 0 aromatic heterocycles. The molecule has 2 aromatic carbocycles. The molecule has 0 atom stereocenters. The SMILES string of the molecule is Cc1cc(C=Cc2c(C)cc(O)cc2C)cc(C)c1O. The molecule has 0 bridgehead atoms. The lowest BCUT2D eigenvalue weighted by Crippen LogP contribution is -1.87. The fraction of sp³-hybridized carbons (Fsp3) is 0.222. The monoisotopic (exact) mass is 268 g/mol. The number of hydrogen-bond donors (Lipinski definition) is 2. The molecule has 2 heteroatoms. The maximum Gasteiger partial charge on any atom is 0.121 e. The van der Waals surface area contributed by atoms with Crippen molar-refractivity contribution in [3.8, 4) is 11.5 Å². The Bertz CT molecular complexity index is 636. The Balaban J connectivity index is 2.40. The van der Waals surface area contributed by atoms with E-state index in [9.17, 15) is 10.2 Å². The Morgan fingerprint density at radius 3 is 1.70 bits per heavy atom. The Morgan fingerprint density at radius 1 is 0.700 bits per heavy atom. The van der Waals surface area contributed by atoms with Gasteiger partial charge >= 0.3 is 0 Å². The van der Waals surface area contributed by atoms with Gasteiger partial charge in [0, 0.05) is 0 Å². The van der Waals surface area contributed by atoms with Gasteiger partial charge in [-0.1, -0.05) is 12.2 Å². The molecule has 2 aromatic rings. The summed E-state index contributed by atoms with van der Waals surface area (Å²) in [4.78, 5) is 0. The third kappa shape index (κ3) is 2.85. The van der Waals surface area contributed by atoms with Gasteiger partial charge in [-0.3, -0.25) is 0 Å². The summed E-state index contributed by atoms with van der Waals surface area (Å²) in [6.45, 7) is 7.77. The van der Waals surface area contributed by atoms with Gasteiger partial charge in [0.15, 0.2) is 0 Å². The fourth-order valence-corrected chi connectivity index (χ4v) is 2.48. The minimum Gasteiger partial charge on any atom is -0.508 e. The molecule has 0 aliphatic rings. The highest BCUT2D eigenvalue weighted by Gasteiger charge is 2.03. The molecule has 0 unspecified atom stereocenters. The van der Waals surface area contributed by atoms with Crippen molar-refractivity contribution in [1.29, 1.82) is 0 Å². The molecule has 104 valence electrons. The molecule has 0 saturated heterocycles. The van der Waals surface area contributed by atoms with E-state index in [4.69, 9.17) is 0 Å². The highest BCUT2D eigenvalue weighted by atomic mass is 16.3. The van der Waals surface area contributed by atoms with E-state index in [-0.39, 0.29) is 0 Å². The summed E-state index contributed by atoms with van der Waals surface area (Å²) in [5, 5.41) is 19.3. The Kier molecular flexibility index (Phi) is 3.84. The van der Waals surface area contributed by atoms with Crippen molar-refractivity contribution < 1.29 is 10.2 Å². The van der Waals surface area contributed by atoms with Crippen LogP contribution in [0.3, 0.4) is 0 Å². The van der Waals surface area contributed by atoms with E-state index in [2.05, 4.69) is 6.08 Å². The zero-order valence-corrected chi connectivity index (χ0v) is 12.4. The number of rotatable bonds is 2. The van der Waals surface area contributed by atoms with Crippen LogP contribution in [0.25, 0.3) is 12.2 Å². The topological polar surface area (TPSA) is 40.5 Å². The second-order valence-electron chi connectivity index (χ2n) is 5.33. The molecule has 0 spiro atoms. The van der Waals surface area contributed by atoms with Crippen LogP contribution in [0.5, 0.6) is 11.5 Å². The molecule has 0 radical (unpaired) electrons. The van der Waals surface area contributed by atoms with E-state index in [1.54, 1.807) is 12.1 Å². The average Bonchev–Trinajstić information content (AvgIpc) is 2.34. The molecule has 0 amide bonds.